The molecule has 0 saturated heterocycles. The highest BCUT2D eigenvalue weighted by Gasteiger charge is 2.32. The van der Waals surface area contributed by atoms with Gasteiger partial charge in [0, 0.05) is 11.4 Å². The molecule has 1 aliphatic rings. The van der Waals surface area contributed by atoms with Gasteiger partial charge >= 0.3 is 0 Å². The van der Waals surface area contributed by atoms with Crippen molar-refractivity contribution in [1.29, 1.82) is 0 Å². The van der Waals surface area contributed by atoms with E-state index in [1.165, 1.54) is 25.0 Å². The first-order chi connectivity index (χ1) is 7.58. The molecule has 1 fully saturated rings. The topological polar surface area (TPSA) is 20.2 Å². The summed E-state index contributed by atoms with van der Waals surface area (Å²) in [6.45, 7) is 2.07. The Hall–Kier alpha value is -0.600. The van der Waals surface area contributed by atoms with E-state index in [1.54, 1.807) is 6.07 Å². The number of benzene rings is 1. The van der Waals surface area contributed by atoms with Crippen LogP contribution < -0.4 is 0 Å². The highest BCUT2D eigenvalue weighted by Crippen LogP contribution is 2.39. The van der Waals surface area contributed by atoms with Gasteiger partial charge in [0.25, 0.3) is 0 Å². The molecule has 3 heteroatoms. The lowest BCUT2D eigenvalue weighted by molar-refractivity contribution is 0.105. The third-order valence-corrected chi connectivity index (χ3v) is 3.77. The van der Waals surface area contributed by atoms with Crippen LogP contribution in [0.5, 0.6) is 0 Å². The van der Waals surface area contributed by atoms with Gasteiger partial charge in [0.2, 0.25) is 0 Å². The van der Waals surface area contributed by atoms with Crippen LogP contribution in [0, 0.1) is 17.7 Å². The zero-order valence-electron chi connectivity index (χ0n) is 9.29. The first-order valence-electron chi connectivity index (χ1n) is 5.70. The summed E-state index contributed by atoms with van der Waals surface area (Å²) in [7, 11) is 0. The summed E-state index contributed by atoms with van der Waals surface area (Å²) in [4.78, 5) is 0. The van der Waals surface area contributed by atoms with Gasteiger partial charge in [-0.15, -0.1) is 0 Å². The van der Waals surface area contributed by atoms with Crippen LogP contribution in [0.4, 0.5) is 4.39 Å². The summed E-state index contributed by atoms with van der Waals surface area (Å²) < 4.78 is 12.8. The van der Waals surface area contributed by atoms with Gasteiger partial charge in [-0.25, -0.2) is 4.39 Å². The van der Waals surface area contributed by atoms with Gasteiger partial charge in [-0.05, 0) is 42.4 Å². The quantitative estimate of drug-likeness (QED) is 0.858. The van der Waals surface area contributed by atoms with Crippen molar-refractivity contribution in [3.63, 3.8) is 0 Å². The van der Waals surface area contributed by atoms with Crippen LogP contribution in [0.1, 0.15) is 25.3 Å². The maximum atomic E-state index is 12.8. The van der Waals surface area contributed by atoms with Crippen LogP contribution in [-0.4, -0.2) is 11.2 Å². The molecular formula is C13H16ClFO. The lowest BCUT2D eigenvalue weighted by Crippen LogP contribution is -2.22. The molecule has 0 spiro atoms. The van der Waals surface area contributed by atoms with Gasteiger partial charge in [-0.1, -0.05) is 24.6 Å². The van der Waals surface area contributed by atoms with Crippen molar-refractivity contribution in [2.75, 3.05) is 0 Å². The zero-order valence-corrected chi connectivity index (χ0v) is 10.0. The summed E-state index contributed by atoms with van der Waals surface area (Å²) in [6.07, 6.45) is 2.57. The van der Waals surface area contributed by atoms with Crippen molar-refractivity contribution in [2.24, 2.45) is 11.8 Å². The van der Waals surface area contributed by atoms with Gasteiger partial charge < -0.3 is 5.11 Å². The van der Waals surface area contributed by atoms with Crippen LogP contribution in [0.15, 0.2) is 18.2 Å². The number of aliphatic hydroxyl groups excluding tert-OH is 1. The van der Waals surface area contributed by atoms with Gasteiger partial charge in [-0.3, -0.25) is 0 Å². The Kier molecular flexibility index (Phi) is 3.50. The third kappa shape index (κ3) is 2.74. The molecule has 1 aromatic rings. The second kappa shape index (κ2) is 4.72. The van der Waals surface area contributed by atoms with Gasteiger partial charge in [-0.2, -0.15) is 0 Å². The standard InChI is InChI=1S/C13H16ClFO/c1-8(9-2-3-9)13(16)6-10-4-5-11(15)7-12(10)14/h4-5,7-9,13,16H,2-3,6H2,1H3. The lowest BCUT2D eigenvalue weighted by atomic mass is 9.94. The number of hydrogen-bond donors (Lipinski definition) is 1. The van der Waals surface area contributed by atoms with Crippen LogP contribution in [0.25, 0.3) is 0 Å². The van der Waals surface area contributed by atoms with E-state index in [1.807, 2.05) is 0 Å². The summed E-state index contributed by atoms with van der Waals surface area (Å²) >= 11 is 5.92. The SMILES string of the molecule is CC(C(O)Cc1ccc(F)cc1Cl)C1CC1. The first-order valence-corrected chi connectivity index (χ1v) is 6.07. The Bertz CT molecular complexity index is 376. The highest BCUT2D eigenvalue weighted by molar-refractivity contribution is 6.31. The molecular weight excluding hydrogens is 227 g/mol. The average molecular weight is 243 g/mol. The first kappa shape index (κ1) is 11.9. The van der Waals surface area contributed by atoms with E-state index in [9.17, 15) is 9.50 Å². The fourth-order valence-electron chi connectivity index (χ4n) is 2.03. The smallest absolute Gasteiger partial charge is 0.124 e. The van der Waals surface area contributed by atoms with Crippen molar-refractivity contribution < 1.29 is 9.50 Å². The van der Waals surface area contributed by atoms with Crippen molar-refractivity contribution in [3.8, 4) is 0 Å². The second-order valence-corrected chi connectivity index (χ2v) is 5.11. The van der Waals surface area contributed by atoms with Gasteiger partial charge in [0.1, 0.15) is 5.82 Å². The number of rotatable bonds is 4. The number of hydrogen-bond acceptors (Lipinski definition) is 1. The molecule has 1 saturated carbocycles. The molecule has 2 unspecified atom stereocenters. The molecule has 1 aliphatic carbocycles. The summed E-state index contributed by atoms with van der Waals surface area (Å²) in [5, 5.41) is 10.4. The Labute approximate surface area is 100 Å². The molecule has 1 aromatic carbocycles. The summed E-state index contributed by atoms with van der Waals surface area (Å²) in [5.74, 6) is 0.633. The lowest BCUT2D eigenvalue weighted by Gasteiger charge is -2.18. The molecule has 0 bridgehead atoms. The Balaban J connectivity index is 2.02. The molecule has 0 aliphatic heterocycles. The maximum absolute atomic E-state index is 12.8. The van der Waals surface area contributed by atoms with E-state index in [0.29, 0.717) is 23.3 Å². The molecule has 0 heterocycles. The van der Waals surface area contributed by atoms with E-state index in [-0.39, 0.29) is 11.9 Å². The Morgan fingerprint density at radius 3 is 2.75 bits per heavy atom. The molecule has 16 heavy (non-hydrogen) atoms. The fraction of sp³-hybridized carbons (Fsp3) is 0.538. The Morgan fingerprint density at radius 2 is 2.19 bits per heavy atom. The van der Waals surface area contributed by atoms with E-state index in [2.05, 4.69) is 6.92 Å². The van der Waals surface area contributed by atoms with Crippen LogP contribution in [0.3, 0.4) is 0 Å². The molecule has 0 aromatic heterocycles. The minimum absolute atomic E-state index is 0.307. The number of halogens is 2. The van der Waals surface area contributed by atoms with Gasteiger partial charge in [0.05, 0.1) is 6.10 Å². The van der Waals surface area contributed by atoms with Crippen molar-refractivity contribution in [1.82, 2.24) is 0 Å². The van der Waals surface area contributed by atoms with Crippen LogP contribution in [0.2, 0.25) is 5.02 Å². The molecule has 2 atom stereocenters. The zero-order chi connectivity index (χ0) is 11.7. The monoisotopic (exact) mass is 242 g/mol. The minimum atomic E-state index is -0.379. The highest BCUT2D eigenvalue weighted by atomic mass is 35.5. The maximum Gasteiger partial charge on any atom is 0.124 e. The molecule has 1 N–H and O–H groups in total. The average Bonchev–Trinajstić information content (AvgIpc) is 3.04. The van der Waals surface area contributed by atoms with E-state index < -0.39 is 0 Å². The van der Waals surface area contributed by atoms with E-state index in [4.69, 9.17) is 11.6 Å². The van der Waals surface area contributed by atoms with Gasteiger partial charge in [0.15, 0.2) is 0 Å². The summed E-state index contributed by atoms with van der Waals surface area (Å²) in [5.41, 5.74) is 0.822. The molecule has 2 rings (SSSR count). The van der Waals surface area contributed by atoms with Crippen molar-refractivity contribution in [3.05, 3.63) is 34.6 Å². The molecule has 0 amide bonds. The van der Waals surface area contributed by atoms with Crippen LogP contribution >= 0.6 is 11.6 Å². The van der Waals surface area contributed by atoms with E-state index in [0.717, 1.165) is 5.56 Å². The van der Waals surface area contributed by atoms with E-state index >= 15 is 0 Å². The molecule has 88 valence electrons. The predicted molar refractivity (Wildman–Crippen MR) is 63.0 cm³/mol. The third-order valence-electron chi connectivity index (χ3n) is 3.42. The number of aliphatic hydroxyl groups is 1. The molecule has 1 nitrogen and oxygen atoms in total. The van der Waals surface area contributed by atoms with Crippen molar-refractivity contribution in [2.45, 2.75) is 32.3 Å². The summed E-state index contributed by atoms with van der Waals surface area (Å²) in [6, 6.07) is 4.33. The van der Waals surface area contributed by atoms with Crippen molar-refractivity contribution >= 4 is 11.6 Å². The Morgan fingerprint density at radius 1 is 1.50 bits per heavy atom. The second-order valence-electron chi connectivity index (χ2n) is 4.70. The normalized spacial score (nSPS) is 19.5. The largest absolute Gasteiger partial charge is 0.392 e. The van der Waals surface area contributed by atoms with Crippen LogP contribution in [-0.2, 0) is 6.42 Å². The minimum Gasteiger partial charge on any atom is -0.392 e. The fourth-order valence-corrected chi connectivity index (χ4v) is 2.28. The predicted octanol–water partition coefficient (Wildman–Crippen LogP) is 3.43. The molecule has 0 radical (unpaired) electrons.